The van der Waals surface area contributed by atoms with Crippen molar-refractivity contribution in [1.82, 2.24) is 14.9 Å². The number of benzene rings is 1. The average Bonchev–Trinajstić information content (AvgIpc) is 3.03. The minimum atomic E-state index is -0.218. The number of carbonyl (C=O) groups is 1. The smallest absolute Gasteiger partial charge is 0.262 e. The van der Waals surface area contributed by atoms with E-state index in [1.165, 1.54) is 11.8 Å². The normalized spacial score (nSPS) is 17.0. The lowest BCUT2D eigenvalue weighted by molar-refractivity contribution is -0.118. The number of nitrogens with one attached hydrogen (secondary N) is 2. The summed E-state index contributed by atoms with van der Waals surface area (Å²) in [5.74, 6) is 1.44. The summed E-state index contributed by atoms with van der Waals surface area (Å²) in [6.07, 6.45) is 0. The monoisotopic (exact) mass is 358 g/mol. The zero-order valence-corrected chi connectivity index (χ0v) is 14.6. The molecule has 3 heterocycles. The van der Waals surface area contributed by atoms with Gasteiger partial charge in [0.15, 0.2) is 12.4 Å². The summed E-state index contributed by atoms with van der Waals surface area (Å²) in [5, 5.41) is 13.9. The molecule has 0 unspecified atom stereocenters. The molecule has 4 N–H and O–H groups in total. The number of aromatic nitrogens is 3. The second kappa shape index (κ2) is 6.08. The molecule has 0 radical (unpaired) electrons. The number of anilines is 1. The molecule has 9 heteroatoms. The molecule has 130 valence electrons. The maximum atomic E-state index is 11.5. The topological polar surface area (TPSA) is 107 Å². The SMILES string of the molecule is CC(C)[C@H](N)c1nnc2n1NC(c1ccc3c(c1)NC(=O)CO3)=CS2. The van der Waals surface area contributed by atoms with Gasteiger partial charge < -0.3 is 15.8 Å². The third-order valence-electron chi connectivity index (χ3n) is 4.11. The van der Waals surface area contributed by atoms with Crippen LogP contribution in [0.1, 0.15) is 31.3 Å². The molecular weight excluding hydrogens is 340 g/mol. The number of ether oxygens (including phenoxy) is 1. The molecule has 8 nitrogen and oxygen atoms in total. The Labute approximate surface area is 148 Å². The van der Waals surface area contributed by atoms with Crippen LogP contribution in [-0.2, 0) is 4.79 Å². The Morgan fingerprint density at radius 2 is 2.20 bits per heavy atom. The molecule has 1 aromatic heterocycles. The Kier molecular flexibility index (Phi) is 3.89. The van der Waals surface area contributed by atoms with Gasteiger partial charge in [-0.3, -0.25) is 10.2 Å². The molecule has 0 bridgehead atoms. The number of nitrogens with zero attached hydrogens (tertiary/aromatic N) is 3. The van der Waals surface area contributed by atoms with Gasteiger partial charge in [-0.25, -0.2) is 4.68 Å². The molecule has 0 saturated carbocycles. The van der Waals surface area contributed by atoms with Crippen molar-refractivity contribution < 1.29 is 9.53 Å². The lowest BCUT2D eigenvalue weighted by Gasteiger charge is -2.23. The highest BCUT2D eigenvalue weighted by Crippen LogP contribution is 2.34. The summed E-state index contributed by atoms with van der Waals surface area (Å²) >= 11 is 1.47. The van der Waals surface area contributed by atoms with Crippen LogP contribution in [0.3, 0.4) is 0 Å². The molecule has 25 heavy (non-hydrogen) atoms. The quantitative estimate of drug-likeness (QED) is 0.769. The average molecular weight is 358 g/mol. The zero-order chi connectivity index (χ0) is 17.6. The van der Waals surface area contributed by atoms with E-state index in [0.29, 0.717) is 17.3 Å². The minimum absolute atomic E-state index is 0.0453. The zero-order valence-electron chi connectivity index (χ0n) is 13.8. The van der Waals surface area contributed by atoms with Gasteiger partial charge in [-0.15, -0.1) is 10.2 Å². The van der Waals surface area contributed by atoms with Crippen molar-refractivity contribution >= 4 is 29.1 Å². The van der Waals surface area contributed by atoms with Crippen LogP contribution in [0, 0.1) is 5.92 Å². The molecule has 1 amide bonds. The van der Waals surface area contributed by atoms with Crippen LogP contribution in [-0.4, -0.2) is 27.4 Å². The van der Waals surface area contributed by atoms with Crippen LogP contribution >= 0.6 is 11.8 Å². The molecule has 2 aliphatic rings. The molecule has 0 spiro atoms. The predicted octanol–water partition coefficient (Wildman–Crippen LogP) is 1.91. The first-order valence-electron chi connectivity index (χ1n) is 7.95. The van der Waals surface area contributed by atoms with E-state index in [2.05, 4.69) is 20.9 Å². The van der Waals surface area contributed by atoms with E-state index in [9.17, 15) is 4.79 Å². The van der Waals surface area contributed by atoms with Crippen LogP contribution in [0.5, 0.6) is 5.75 Å². The van der Waals surface area contributed by atoms with Crippen molar-refractivity contribution in [2.45, 2.75) is 25.0 Å². The van der Waals surface area contributed by atoms with Crippen LogP contribution in [0.4, 0.5) is 5.69 Å². The molecule has 0 fully saturated rings. The van der Waals surface area contributed by atoms with Crippen molar-refractivity contribution in [3.63, 3.8) is 0 Å². The van der Waals surface area contributed by atoms with Crippen molar-refractivity contribution in [1.29, 1.82) is 0 Å². The van der Waals surface area contributed by atoms with E-state index in [0.717, 1.165) is 16.4 Å². The number of nitrogens with two attached hydrogens (primary N) is 1. The van der Waals surface area contributed by atoms with E-state index < -0.39 is 0 Å². The van der Waals surface area contributed by atoms with Gasteiger partial charge in [-0.05, 0) is 24.1 Å². The minimum Gasteiger partial charge on any atom is -0.482 e. The number of fused-ring (bicyclic) bond motifs is 2. The first-order valence-corrected chi connectivity index (χ1v) is 8.82. The largest absolute Gasteiger partial charge is 0.482 e. The molecule has 2 aromatic rings. The first kappa shape index (κ1) is 16.0. The van der Waals surface area contributed by atoms with Crippen molar-refractivity contribution in [3.8, 4) is 5.75 Å². The molecule has 2 aliphatic heterocycles. The number of thioether (sulfide) groups is 1. The fourth-order valence-corrected chi connectivity index (χ4v) is 3.36. The van der Waals surface area contributed by atoms with Gasteiger partial charge in [0.05, 0.1) is 17.4 Å². The van der Waals surface area contributed by atoms with Gasteiger partial charge in [0.25, 0.3) is 5.91 Å². The Morgan fingerprint density at radius 1 is 1.36 bits per heavy atom. The number of hydrogen-bond donors (Lipinski definition) is 3. The second-order valence-corrected chi connectivity index (χ2v) is 7.09. The Balaban J connectivity index is 1.64. The summed E-state index contributed by atoms with van der Waals surface area (Å²) in [5.41, 5.74) is 12.0. The van der Waals surface area contributed by atoms with Gasteiger partial charge in [-0.2, -0.15) is 0 Å². The van der Waals surface area contributed by atoms with Crippen molar-refractivity contribution in [2.24, 2.45) is 11.7 Å². The summed E-state index contributed by atoms with van der Waals surface area (Å²) in [4.78, 5) is 11.5. The van der Waals surface area contributed by atoms with Gasteiger partial charge in [0.1, 0.15) is 5.75 Å². The molecule has 4 rings (SSSR count). The third kappa shape index (κ3) is 2.85. The highest BCUT2D eigenvalue weighted by molar-refractivity contribution is 8.02. The number of carbonyl (C=O) groups excluding carboxylic acids is 1. The first-order chi connectivity index (χ1) is 12.0. The van der Waals surface area contributed by atoms with Crippen molar-refractivity contribution in [2.75, 3.05) is 17.3 Å². The van der Waals surface area contributed by atoms with E-state index in [1.54, 1.807) is 0 Å². The van der Waals surface area contributed by atoms with Crippen LogP contribution in [0.2, 0.25) is 0 Å². The molecule has 0 aliphatic carbocycles. The van der Waals surface area contributed by atoms with Gasteiger partial charge >= 0.3 is 0 Å². The van der Waals surface area contributed by atoms with Gasteiger partial charge in [-0.1, -0.05) is 25.6 Å². The Morgan fingerprint density at radius 3 is 3.00 bits per heavy atom. The number of hydrogen-bond acceptors (Lipinski definition) is 7. The van der Waals surface area contributed by atoms with Gasteiger partial charge in [0.2, 0.25) is 5.16 Å². The van der Waals surface area contributed by atoms with Crippen LogP contribution < -0.4 is 21.2 Å². The summed E-state index contributed by atoms with van der Waals surface area (Å²) in [6, 6.07) is 5.45. The Bertz CT molecular complexity index is 876. The number of amides is 1. The van der Waals surface area contributed by atoms with E-state index in [4.69, 9.17) is 10.5 Å². The highest BCUT2D eigenvalue weighted by Gasteiger charge is 2.25. The Hall–Kier alpha value is -2.52. The van der Waals surface area contributed by atoms with Crippen LogP contribution in [0.25, 0.3) is 5.70 Å². The fourth-order valence-electron chi connectivity index (χ4n) is 2.62. The maximum absolute atomic E-state index is 11.5. The third-order valence-corrected chi connectivity index (χ3v) is 4.94. The highest BCUT2D eigenvalue weighted by atomic mass is 32.2. The lowest BCUT2D eigenvalue weighted by Crippen LogP contribution is -2.27. The fraction of sp³-hybridized carbons (Fsp3) is 0.312. The number of rotatable bonds is 3. The predicted molar refractivity (Wildman–Crippen MR) is 95.5 cm³/mol. The van der Waals surface area contributed by atoms with E-state index >= 15 is 0 Å². The van der Waals surface area contributed by atoms with E-state index in [-0.39, 0.29) is 24.5 Å². The van der Waals surface area contributed by atoms with Crippen molar-refractivity contribution in [3.05, 3.63) is 35.0 Å². The van der Waals surface area contributed by atoms with E-state index in [1.807, 2.05) is 42.1 Å². The molecule has 1 aromatic carbocycles. The molecule has 1 atom stereocenters. The van der Waals surface area contributed by atoms with Gasteiger partial charge in [0, 0.05) is 11.0 Å². The molecule has 0 saturated heterocycles. The van der Waals surface area contributed by atoms with Crippen LogP contribution in [0.15, 0.2) is 28.8 Å². The standard InChI is InChI=1S/C16H18N6O2S/c1-8(2)14(17)15-19-20-16-22(15)21-11(7-25-16)9-3-4-12-10(5-9)18-13(23)6-24-12/h3-5,7-8,14,21H,6,17H2,1-2H3,(H,18,23)/t14-/m0/s1. The summed E-state index contributed by atoms with van der Waals surface area (Å²) < 4.78 is 7.22. The second-order valence-electron chi connectivity index (χ2n) is 6.25. The summed E-state index contributed by atoms with van der Waals surface area (Å²) in [7, 11) is 0. The summed E-state index contributed by atoms with van der Waals surface area (Å²) in [6.45, 7) is 4.14. The lowest BCUT2D eigenvalue weighted by atomic mass is 10.1. The maximum Gasteiger partial charge on any atom is 0.262 e. The molecular formula is C16H18N6O2S.